The first-order chi connectivity index (χ1) is 7.94. The van der Waals surface area contributed by atoms with Gasteiger partial charge in [-0.15, -0.1) is 0 Å². The van der Waals surface area contributed by atoms with E-state index in [1.165, 1.54) is 7.11 Å². The molecule has 0 aliphatic rings. The lowest BCUT2D eigenvalue weighted by Gasteiger charge is -2.14. The molecule has 0 spiro atoms. The maximum atomic E-state index is 11.6. The van der Waals surface area contributed by atoms with E-state index in [1.54, 1.807) is 12.1 Å². The highest BCUT2D eigenvalue weighted by Gasteiger charge is 2.20. The summed E-state index contributed by atoms with van der Waals surface area (Å²) < 4.78 is 10.1. The first-order valence-corrected chi connectivity index (χ1v) is 8.75. The van der Waals surface area contributed by atoms with Gasteiger partial charge in [-0.3, -0.25) is 0 Å². The third kappa shape index (κ3) is 4.40. The predicted molar refractivity (Wildman–Crippen MR) is 69.4 cm³/mol. The van der Waals surface area contributed by atoms with Gasteiger partial charge in [0, 0.05) is 5.56 Å². The molecule has 92 valence electrons. The molecular formula is C12H17NO3Si. The average molecular weight is 251 g/mol. The largest absolute Gasteiger partial charge is 0.464 e. The van der Waals surface area contributed by atoms with E-state index < -0.39 is 14.3 Å². The fourth-order valence-corrected chi connectivity index (χ4v) is 1.45. The molecule has 0 aromatic heterocycles. The van der Waals surface area contributed by atoms with Crippen molar-refractivity contribution < 1.29 is 14.1 Å². The number of hydrogen-bond acceptors (Lipinski definition) is 4. The molecule has 0 saturated carbocycles. The molecule has 1 aromatic carbocycles. The molecule has 0 fully saturated rings. The Labute approximate surface area is 102 Å². The van der Waals surface area contributed by atoms with Gasteiger partial charge in [0.05, 0.1) is 7.11 Å². The van der Waals surface area contributed by atoms with Crippen LogP contribution >= 0.6 is 0 Å². The lowest BCUT2D eigenvalue weighted by Crippen LogP contribution is -2.25. The van der Waals surface area contributed by atoms with Gasteiger partial charge in [-0.1, -0.05) is 35.5 Å². The predicted octanol–water partition coefficient (Wildman–Crippen LogP) is 2.42. The van der Waals surface area contributed by atoms with E-state index in [2.05, 4.69) is 5.16 Å². The molecule has 0 radical (unpaired) electrons. The number of nitrogens with zero attached hydrogens (tertiary/aromatic N) is 1. The van der Waals surface area contributed by atoms with E-state index in [4.69, 9.17) is 9.26 Å². The highest BCUT2D eigenvalue weighted by atomic mass is 28.4. The van der Waals surface area contributed by atoms with Crippen LogP contribution in [0.2, 0.25) is 19.6 Å². The molecule has 0 atom stereocenters. The van der Waals surface area contributed by atoms with Crippen molar-refractivity contribution in [2.24, 2.45) is 5.16 Å². The van der Waals surface area contributed by atoms with E-state index in [-0.39, 0.29) is 5.71 Å². The zero-order valence-corrected chi connectivity index (χ0v) is 11.6. The Morgan fingerprint density at radius 1 is 1.18 bits per heavy atom. The average Bonchev–Trinajstić information content (AvgIpc) is 2.29. The van der Waals surface area contributed by atoms with Crippen molar-refractivity contribution >= 4 is 20.0 Å². The van der Waals surface area contributed by atoms with Crippen molar-refractivity contribution in [2.75, 3.05) is 7.11 Å². The van der Waals surface area contributed by atoms with Crippen LogP contribution in [0.4, 0.5) is 0 Å². The van der Waals surface area contributed by atoms with Crippen molar-refractivity contribution in [3.63, 3.8) is 0 Å². The minimum atomic E-state index is -1.81. The lowest BCUT2D eigenvalue weighted by molar-refractivity contribution is -0.132. The minimum absolute atomic E-state index is 0.204. The smallest absolute Gasteiger partial charge is 0.360 e. The Morgan fingerprint density at radius 2 is 1.76 bits per heavy atom. The van der Waals surface area contributed by atoms with Crippen molar-refractivity contribution in [3.05, 3.63) is 35.9 Å². The van der Waals surface area contributed by atoms with Crippen LogP contribution in [-0.4, -0.2) is 27.1 Å². The standard InChI is InChI=1S/C12H17NO3Si/c1-15-12(14)11(13-16-17(2,3)4)10-8-6-5-7-9-10/h5-9H,1-4H3. The van der Waals surface area contributed by atoms with Gasteiger partial charge in [0.25, 0.3) is 8.32 Å². The maximum absolute atomic E-state index is 11.6. The molecule has 1 aromatic rings. The van der Waals surface area contributed by atoms with Gasteiger partial charge in [-0.05, 0) is 19.6 Å². The molecule has 0 saturated heterocycles. The summed E-state index contributed by atoms with van der Waals surface area (Å²) in [6.45, 7) is 5.99. The van der Waals surface area contributed by atoms with Crippen molar-refractivity contribution in [3.8, 4) is 0 Å². The van der Waals surface area contributed by atoms with Gasteiger partial charge in [-0.25, -0.2) is 4.79 Å². The van der Waals surface area contributed by atoms with Crippen LogP contribution < -0.4 is 0 Å². The van der Waals surface area contributed by atoms with Gasteiger partial charge in [0.15, 0.2) is 5.71 Å². The molecule has 0 heterocycles. The van der Waals surface area contributed by atoms with Crippen molar-refractivity contribution in [1.82, 2.24) is 0 Å². The van der Waals surface area contributed by atoms with Gasteiger partial charge in [0.2, 0.25) is 0 Å². The van der Waals surface area contributed by atoms with Crippen molar-refractivity contribution in [1.29, 1.82) is 0 Å². The zero-order chi connectivity index (χ0) is 12.9. The normalized spacial score (nSPS) is 12.1. The molecule has 0 N–H and O–H groups in total. The summed E-state index contributed by atoms with van der Waals surface area (Å²) in [6.07, 6.45) is 0. The molecular weight excluding hydrogens is 234 g/mol. The topological polar surface area (TPSA) is 47.9 Å². The minimum Gasteiger partial charge on any atom is -0.464 e. The first-order valence-electron chi connectivity index (χ1n) is 5.34. The number of esters is 1. The molecule has 0 unspecified atom stereocenters. The third-order valence-corrected chi connectivity index (χ3v) is 2.48. The highest BCUT2D eigenvalue weighted by molar-refractivity contribution is 6.69. The third-order valence-electron chi connectivity index (χ3n) is 1.84. The van der Waals surface area contributed by atoms with Gasteiger partial charge >= 0.3 is 5.97 Å². The van der Waals surface area contributed by atoms with Gasteiger partial charge in [-0.2, -0.15) is 0 Å². The zero-order valence-electron chi connectivity index (χ0n) is 10.6. The number of ether oxygens (including phenoxy) is 1. The van der Waals surface area contributed by atoms with Gasteiger partial charge < -0.3 is 9.26 Å². The number of rotatable bonds is 4. The summed E-state index contributed by atoms with van der Waals surface area (Å²) in [5.74, 6) is -0.491. The monoisotopic (exact) mass is 251 g/mol. The molecule has 0 aliphatic heterocycles. The van der Waals surface area contributed by atoms with E-state index >= 15 is 0 Å². The van der Waals surface area contributed by atoms with Gasteiger partial charge in [0.1, 0.15) is 0 Å². The molecule has 1 rings (SSSR count). The summed E-state index contributed by atoms with van der Waals surface area (Å²) in [4.78, 5) is 11.6. The van der Waals surface area contributed by atoms with Crippen LogP contribution in [0, 0.1) is 0 Å². The fourth-order valence-electron chi connectivity index (χ4n) is 1.08. The number of oxime groups is 1. The number of methoxy groups -OCH3 is 1. The van der Waals surface area contributed by atoms with E-state index in [9.17, 15) is 4.79 Å². The Kier molecular flexibility index (Phi) is 4.45. The Bertz CT molecular complexity index is 410. The highest BCUT2D eigenvalue weighted by Crippen LogP contribution is 2.08. The number of hydrogen-bond donors (Lipinski definition) is 0. The quantitative estimate of drug-likeness (QED) is 0.357. The number of carbonyl (C=O) groups is 1. The van der Waals surface area contributed by atoms with Crippen LogP contribution in [0.15, 0.2) is 35.5 Å². The molecule has 4 nitrogen and oxygen atoms in total. The molecule has 5 heteroatoms. The maximum Gasteiger partial charge on any atom is 0.360 e. The van der Waals surface area contributed by atoms with E-state index in [0.29, 0.717) is 5.56 Å². The summed E-state index contributed by atoms with van der Waals surface area (Å²) >= 11 is 0. The second kappa shape index (κ2) is 5.63. The first kappa shape index (κ1) is 13.4. The second-order valence-corrected chi connectivity index (χ2v) is 8.91. The summed E-state index contributed by atoms with van der Waals surface area (Å²) in [5.41, 5.74) is 0.896. The summed E-state index contributed by atoms with van der Waals surface area (Å²) in [5, 5.41) is 3.94. The van der Waals surface area contributed by atoms with Crippen LogP contribution in [0.1, 0.15) is 5.56 Å². The SMILES string of the molecule is COC(=O)C(=NO[Si](C)(C)C)c1ccccc1. The second-order valence-electron chi connectivity index (χ2n) is 4.50. The Morgan fingerprint density at radius 3 is 2.24 bits per heavy atom. The Balaban J connectivity index is 3.01. The van der Waals surface area contributed by atoms with Crippen LogP contribution in [0.25, 0.3) is 0 Å². The van der Waals surface area contributed by atoms with Crippen molar-refractivity contribution in [2.45, 2.75) is 19.6 Å². The fraction of sp³-hybridized carbons (Fsp3) is 0.333. The van der Waals surface area contributed by atoms with E-state index in [1.807, 2.05) is 37.8 Å². The molecule has 17 heavy (non-hydrogen) atoms. The molecule has 0 amide bonds. The summed E-state index contributed by atoms with van der Waals surface area (Å²) in [7, 11) is -0.478. The number of benzene rings is 1. The van der Waals surface area contributed by atoms with Crippen LogP contribution in [0.3, 0.4) is 0 Å². The molecule has 0 bridgehead atoms. The van der Waals surface area contributed by atoms with Crippen LogP contribution in [0.5, 0.6) is 0 Å². The summed E-state index contributed by atoms with van der Waals surface area (Å²) in [6, 6.07) is 9.13. The molecule has 0 aliphatic carbocycles. The number of carbonyl (C=O) groups excluding carboxylic acids is 1. The Hall–Kier alpha value is -1.62. The lowest BCUT2D eigenvalue weighted by atomic mass is 10.1. The van der Waals surface area contributed by atoms with Crippen LogP contribution in [-0.2, 0) is 14.1 Å². The van der Waals surface area contributed by atoms with E-state index in [0.717, 1.165) is 0 Å².